The van der Waals surface area contributed by atoms with Gasteiger partial charge in [-0.2, -0.15) is 5.10 Å². The summed E-state index contributed by atoms with van der Waals surface area (Å²) in [5.41, 5.74) is 5.51. The van der Waals surface area contributed by atoms with Crippen molar-refractivity contribution in [2.45, 2.75) is 13.5 Å². The van der Waals surface area contributed by atoms with Gasteiger partial charge in [-0.25, -0.2) is 5.43 Å². The van der Waals surface area contributed by atoms with E-state index in [-0.39, 0.29) is 12.5 Å². The Morgan fingerprint density at radius 2 is 1.71 bits per heavy atom. The molecule has 0 atom stereocenters. The molecular formula is C24H22ClN3O3. The van der Waals surface area contributed by atoms with Crippen molar-refractivity contribution < 1.29 is 14.3 Å². The zero-order valence-electron chi connectivity index (χ0n) is 17.0. The summed E-state index contributed by atoms with van der Waals surface area (Å²) in [6.45, 7) is 2.06. The topological polar surface area (TPSA) is 79.8 Å². The van der Waals surface area contributed by atoms with Crippen molar-refractivity contribution in [3.8, 4) is 5.75 Å². The Bertz CT molecular complexity index is 1080. The number of carbonyl (C=O) groups is 2. The van der Waals surface area contributed by atoms with E-state index in [1.54, 1.807) is 18.2 Å². The molecule has 158 valence electrons. The highest BCUT2D eigenvalue weighted by molar-refractivity contribution is 6.31. The molecule has 3 aromatic rings. The number of halogens is 1. The van der Waals surface area contributed by atoms with Crippen molar-refractivity contribution in [1.82, 2.24) is 10.7 Å². The predicted molar refractivity (Wildman–Crippen MR) is 121 cm³/mol. The fourth-order valence-corrected chi connectivity index (χ4v) is 2.86. The van der Waals surface area contributed by atoms with Crippen LogP contribution in [0.4, 0.5) is 0 Å². The molecular weight excluding hydrogens is 414 g/mol. The van der Waals surface area contributed by atoms with Gasteiger partial charge in [0, 0.05) is 21.7 Å². The maximum atomic E-state index is 12.1. The Morgan fingerprint density at radius 3 is 2.48 bits per heavy atom. The summed E-state index contributed by atoms with van der Waals surface area (Å²) >= 11 is 6.16. The summed E-state index contributed by atoms with van der Waals surface area (Å²) in [5, 5.41) is 7.15. The normalized spacial score (nSPS) is 10.6. The van der Waals surface area contributed by atoms with Crippen LogP contribution in [0.15, 0.2) is 77.9 Å². The number of nitrogens with one attached hydrogen (secondary N) is 2. The van der Waals surface area contributed by atoms with E-state index in [1.165, 1.54) is 6.21 Å². The fourth-order valence-electron chi connectivity index (χ4n) is 2.67. The van der Waals surface area contributed by atoms with Gasteiger partial charge in [0.05, 0.1) is 12.8 Å². The van der Waals surface area contributed by atoms with Crippen LogP contribution >= 0.6 is 11.6 Å². The second-order valence-corrected chi connectivity index (χ2v) is 7.17. The van der Waals surface area contributed by atoms with Crippen molar-refractivity contribution in [2.24, 2.45) is 5.10 Å². The van der Waals surface area contributed by atoms with Crippen LogP contribution in [0.5, 0.6) is 5.75 Å². The molecule has 0 bridgehead atoms. The molecule has 6 nitrogen and oxygen atoms in total. The number of hydrogen-bond donors (Lipinski definition) is 2. The van der Waals surface area contributed by atoms with Crippen molar-refractivity contribution in [3.05, 3.63) is 100 Å². The Labute approximate surface area is 185 Å². The average molecular weight is 436 g/mol. The molecule has 0 aliphatic rings. The lowest BCUT2D eigenvalue weighted by Crippen LogP contribution is -2.34. The maximum absolute atomic E-state index is 12.1. The molecule has 0 spiro atoms. The van der Waals surface area contributed by atoms with Gasteiger partial charge in [-0.1, -0.05) is 59.6 Å². The van der Waals surface area contributed by atoms with Gasteiger partial charge in [0.25, 0.3) is 11.8 Å². The van der Waals surface area contributed by atoms with Crippen molar-refractivity contribution in [1.29, 1.82) is 0 Å². The van der Waals surface area contributed by atoms with Crippen LogP contribution in [-0.2, 0) is 11.4 Å². The van der Waals surface area contributed by atoms with E-state index < -0.39 is 5.91 Å². The first-order valence-electron chi connectivity index (χ1n) is 9.65. The lowest BCUT2D eigenvalue weighted by molar-refractivity contribution is -0.120. The molecule has 3 aromatic carbocycles. The van der Waals surface area contributed by atoms with Gasteiger partial charge in [-0.05, 0) is 37.3 Å². The number of benzene rings is 3. The monoisotopic (exact) mass is 435 g/mol. The quantitative estimate of drug-likeness (QED) is 0.413. The number of aryl methyl sites for hydroxylation is 1. The standard InChI is InChI=1S/C24H22ClN3O3/c1-17-10-12-18(13-11-17)24(30)26-15-23(29)28-27-14-19-6-3-5-9-22(19)31-16-20-7-2-4-8-21(20)25/h2-14H,15-16H2,1H3,(H,26,30)(H,28,29)/b27-14+. The third-order valence-electron chi connectivity index (χ3n) is 4.38. The lowest BCUT2D eigenvalue weighted by atomic mass is 10.1. The molecule has 0 fully saturated rings. The molecule has 7 heteroatoms. The number of hydrazone groups is 1. The highest BCUT2D eigenvalue weighted by Crippen LogP contribution is 2.20. The van der Waals surface area contributed by atoms with Gasteiger partial charge in [-0.15, -0.1) is 0 Å². The molecule has 3 rings (SSSR count). The summed E-state index contributed by atoms with van der Waals surface area (Å²) < 4.78 is 5.85. The Kier molecular flexibility index (Phi) is 7.79. The summed E-state index contributed by atoms with van der Waals surface area (Å²) in [4.78, 5) is 24.0. The molecule has 0 heterocycles. The van der Waals surface area contributed by atoms with Gasteiger partial charge >= 0.3 is 0 Å². The minimum absolute atomic E-state index is 0.186. The minimum atomic E-state index is -0.439. The summed E-state index contributed by atoms with van der Waals surface area (Å²) in [5.74, 6) is -0.156. The van der Waals surface area contributed by atoms with Gasteiger partial charge in [0.1, 0.15) is 12.4 Å². The van der Waals surface area contributed by atoms with Gasteiger partial charge in [0.2, 0.25) is 0 Å². The highest BCUT2D eigenvalue weighted by Gasteiger charge is 2.08. The zero-order valence-corrected chi connectivity index (χ0v) is 17.7. The molecule has 0 radical (unpaired) electrons. The summed E-state index contributed by atoms with van der Waals surface area (Å²) in [6, 6.07) is 21.9. The van der Waals surface area contributed by atoms with E-state index in [0.29, 0.717) is 28.5 Å². The molecule has 0 saturated heterocycles. The number of rotatable bonds is 8. The van der Waals surface area contributed by atoms with Crippen LogP contribution in [0.3, 0.4) is 0 Å². The van der Waals surface area contributed by atoms with Crippen LogP contribution in [-0.4, -0.2) is 24.6 Å². The zero-order chi connectivity index (χ0) is 22.1. The second kappa shape index (κ2) is 10.9. The van der Waals surface area contributed by atoms with E-state index in [2.05, 4.69) is 15.8 Å². The first-order chi connectivity index (χ1) is 15.0. The van der Waals surface area contributed by atoms with E-state index >= 15 is 0 Å². The second-order valence-electron chi connectivity index (χ2n) is 6.76. The molecule has 2 amide bonds. The van der Waals surface area contributed by atoms with Crippen molar-refractivity contribution in [2.75, 3.05) is 6.54 Å². The Hall–Kier alpha value is -3.64. The predicted octanol–water partition coefficient (Wildman–Crippen LogP) is 4.11. The van der Waals surface area contributed by atoms with E-state index in [0.717, 1.165) is 11.1 Å². The molecule has 0 aliphatic carbocycles. The smallest absolute Gasteiger partial charge is 0.259 e. The van der Waals surface area contributed by atoms with E-state index in [1.807, 2.05) is 61.5 Å². The van der Waals surface area contributed by atoms with Crippen molar-refractivity contribution >= 4 is 29.6 Å². The molecule has 2 N–H and O–H groups in total. The van der Waals surface area contributed by atoms with Gasteiger partial charge in [-0.3, -0.25) is 9.59 Å². The molecule has 0 aromatic heterocycles. The number of hydrogen-bond acceptors (Lipinski definition) is 4. The summed E-state index contributed by atoms with van der Waals surface area (Å²) in [6.07, 6.45) is 1.49. The third kappa shape index (κ3) is 6.69. The molecule has 0 saturated carbocycles. The van der Waals surface area contributed by atoms with Crippen LogP contribution < -0.4 is 15.5 Å². The molecule has 0 unspecified atom stereocenters. The Morgan fingerprint density at radius 1 is 1.00 bits per heavy atom. The first kappa shape index (κ1) is 22.1. The summed E-state index contributed by atoms with van der Waals surface area (Å²) in [7, 11) is 0. The van der Waals surface area contributed by atoms with Crippen LogP contribution in [0.2, 0.25) is 5.02 Å². The maximum Gasteiger partial charge on any atom is 0.259 e. The number of ether oxygens (including phenoxy) is 1. The van der Waals surface area contributed by atoms with Gasteiger partial charge < -0.3 is 10.1 Å². The van der Waals surface area contributed by atoms with Crippen LogP contribution in [0, 0.1) is 6.92 Å². The largest absolute Gasteiger partial charge is 0.488 e. The number of carbonyl (C=O) groups excluding carboxylic acids is 2. The first-order valence-corrected chi connectivity index (χ1v) is 10.0. The van der Waals surface area contributed by atoms with Crippen LogP contribution in [0.1, 0.15) is 27.0 Å². The number of para-hydroxylation sites is 1. The fraction of sp³-hybridized carbons (Fsp3) is 0.125. The number of nitrogens with zero attached hydrogens (tertiary/aromatic N) is 1. The highest BCUT2D eigenvalue weighted by atomic mass is 35.5. The van der Waals surface area contributed by atoms with Crippen LogP contribution in [0.25, 0.3) is 0 Å². The lowest BCUT2D eigenvalue weighted by Gasteiger charge is -2.10. The van der Waals surface area contributed by atoms with E-state index in [9.17, 15) is 9.59 Å². The molecule has 0 aliphatic heterocycles. The van der Waals surface area contributed by atoms with Gasteiger partial charge in [0.15, 0.2) is 0 Å². The SMILES string of the molecule is Cc1ccc(C(=O)NCC(=O)N/N=C/c2ccccc2OCc2ccccc2Cl)cc1. The third-order valence-corrected chi connectivity index (χ3v) is 4.74. The minimum Gasteiger partial charge on any atom is -0.488 e. The number of amides is 2. The molecule has 31 heavy (non-hydrogen) atoms. The van der Waals surface area contributed by atoms with Crippen molar-refractivity contribution in [3.63, 3.8) is 0 Å². The average Bonchev–Trinajstić information content (AvgIpc) is 2.78. The Balaban J connectivity index is 1.51. The van der Waals surface area contributed by atoms with E-state index in [4.69, 9.17) is 16.3 Å².